The molecular weight excluding hydrogens is 258 g/mol. The fourth-order valence-corrected chi connectivity index (χ4v) is 4.26. The number of benzene rings is 1. The van der Waals surface area contributed by atoms with Gasteiger partial charge in [0.25, 0.3) is 0 Å². The molecule has 0 fully saturated rings. The number of rotatable bonds is 6. The summed E-state index contributed by atoms with van der Waals surface area (Å²) >= 11 is 0. The van der Waals surface area contributed by atoms with Gasteiger partial charge in [-0.15, -0.1) is 0 Å². The molecule has 0 heterocycles. The fraction of sp³-hybridized carbons (Fsp3) is 0.600. The molecule has 1 rings (SSSR count). The van der Waals surface area contributed by atoms with Crippen molar-refractivity contribution in [3.05, 3.63) is 29.3 Å². The summed E-state index contributed by atoms with van der Waals surface area (Å²) in [5, 5.41) is 3.13. The van der Waals surface area contributed by atoms with Gasteiger partial charge < -0.3 is 5.32 Å². The standard InChI is InChI=1S/C15H25NO2S/c1-6-12(3)14(16-5)10-19(17,18)15-9-11(2)7-8-13(15)4/h7-9,12,14,16H,6,10H2,1-5H3. The molecule has 2 unspecified atom stereocenters. The predicted molar refractivity (Wildman–Crippen MR) is 80.3 cm³/mol. The summed E-state index contributed by atoms with van der Waals surface area (Å²) in [6.45, 7) is 7.94. The summed E-state index contributed by atoms with van der Waals surface area (Å²) in [6.07, 6.45) is 0.966. The lowest BCUT2D eigenvalue weighted by molar-refractivity contribution is 0.414. The van der Waals surface area contributed by atoms with E-state index >= 15 is 0 Å². The Kier molecular flexibility index (Phi) is 5.56. The molecule has 0 aromatic heterocycles. The summed E-state index contributed by atoms with van der Waals surface area (Å²) in [5.74, 6) is 0.493. The first-order valence-electron chi connectivity index (χ1n) is 6.79. The second-order valence-electron chi connectivity index (χ2n) is 5.33. The second-order valence-corrected chi connectivity index (χ2v) is 7.33. The molecule has 108 valence electrons. The van der Waals surface area contributed by atoms with Crippen molar-refractivity contribution in [3.8, 4) is 0 Å². The van der Waals surface area contributed by atoms with Crippen molar-refractivity contribution in [3.63, 3.8) is 0 Å². The quantitative estimate of drug-likeness (QED) is 0.873. The molecule has 0 aliphatic carbocycles. The van der Waals surface area contributed by atoms with Crippen LogP contribution < -0.4 is 5.32 Å². The van der Waals surface area contributed by atoms with Gasteiger partial charge in [-0.25, -0.2) is 8.42 Å². The third kappa shape index (κ3) is 4.05. The van der Waals surface area contributed by atoms with Crippen molar-refractivity contribution in [1.29, 1.82) is 0 Å². The highest BCUT2D eigenvalue weighted by Crippen LogP contribution is 2.21. The SMILES string of the molecule is CCC(C)C(CS(=O)(=O)c1cc(C)ccc1C)NC. The molecule has 19 heavy (non-hydrogen) atoms. The Balaban J connectivity index is 3.07. The summed E-state index contributed by atoms with van der Waals surface area (Å²) in [4.78, 5) is 0.469. The fourth-order valence-electron chi connectivity index (χ4n) is 2.19. The van der Waals surface area contributed by atoms with Crippen molar-refractivity contribution in [1.82, 2.24) is 5.32 Å². The zero-order chi connectivity index (χ0) is 14.6. The zero-order valence-electron chi connectivity index (χ0n) is 12.5. The van der Waals surface area contributed by atoms with E-state index in [1.54, 1.807) is 6.07 Å². The van der Waals surface area contributed by atoms with Crippen molar-refractivity contribution in [2.45, 2.75) is 45.1 Å². The van der Waals surface area contributed by atoms with Crippen LogP contribution in [0, 0.1) is 19.8 Å². The Bertz CT molecular complexity index is 523. The predicted octanol–water partition coefficient (Wildman–Crippen LogP) is 2.71. The second kappa shape index (κ2) is 6.53. The van der Waals surface area contributed by atoms with Gasteiger partial charge in [0.05, 0.1) is 10.6 Å². The van der Waals surface area contributed by atoms with Gasteiger partial charge in [-0.05, 0) is 44.0 Å². The minimum Gasteiger partial charge on any atom is -0.316 e. The number of nitrogens with one attached hydrogen (secondary N) is 1. The van der Waals surface area contributed by atoms with Gasteiger partial charge in [0.2, 0.25) is 0 Å². The third-order valence-corrected chi connectivity index (χ3v) is 5.69. The molecule has 0 aliphatic heterocycles. The highest BCUT2D eigenvalue weighted by molar-refractivity contribution is 7.91. The van der Waals surface area contributed by atoms with Gasteiger partial charge in [-0.2, -0.15) is 0 Å². The van der Waals surface area contributed by atoms with Crippen LogP contribution in [0.15, 0.2) is 23.1 Å². The Morgan fingerprint density at radius 2 is 1.89 bits per heavy atom. The Labute approximate surface area is 117 Å². The van der Waals surface area contributed by atoms with Crippen LogP contribution >= 0.6 is 0 Å². The van der Waals surface area contributed by atoms with E-state index in [9.17, 15) is 8.42 Å². The van der Waals surface area contributed by atoms with Crippen molar-refractivity contribution in [2.24, 2.45) is 5.92 Å². The third-order valence-electron chi connectivity index (χ3n) is 3.78. The normalized spacial score (nSPS) is 15.2. The molecule has 4 heteroatoms. The first-order valence-corrected chi connectivity index (χ1v) is 8.44. The summed E-state index contributed by atoms with van der Waals surface area (Å²) in [7, 11) is -1.41. The van der Waals surface area contributed by atoms with Crippen LogP contribution in [0.5, 0.6) is 0 Å². The Morgan fingerprint density at radius 1 is 1.26 bits per heavy atom. The van der Waals surface area contributed by atoms with E-state index < -0.39 is 9.84 Å². The van der Waals surface area contributed by atoms with Gasteiger partial charge >= 0.3 is 0 Å². The monoisotopic (exact) mass is 283 g/mol. The summed E-state index contributed by atoms with van der Waals surface area (Å²) in [6, 6.07) is 5.58. The highest BCUT2D eigenvalue weighted by atomic mass is 32.2. The maximum Gasteiger partial charge on any atom is 0.180 e. The lowest BCUT2D eigenvalue weighted by atomic mass is 10.0. The number of aryl methyl sites for hydroxylation is 2. The molecule has 0 saturated carbocycles. The molecule has 3 nitrogen and oxygen atoms in total. The topological polar surface area (TPSA) is 46.2 Å². The molecule has 1 aromatic carbocycles. The maximum absolute atomic E-state index is 12.6. The van der Waals surface area contributed by atoms with E-state index in [0.29, 0.717) is 10.8 Å². The molecule has 1 aromatic rings. The molecule has 0 spiro atoms. The van der Waals surface area contributed by atoms with Crippen LogP contribution in [-0.4, -0.2) is 27.3 Å². The first-order chi connectivity index (χ1) is 8.81. The van der Waals surface area contributed by atoms with E-state index in [1.165, 1.54) is 0 Å². The van der Waals surface area contributed by atoms with Gasteiger partial charge in [-0.1, -0.05) is 32.4 Å². The lowest BCUT2D eigenvalue weighted by Crippen LogP contribution is -2.38. The van der Waals surface area contributed by atoms with Crippen LogP contribution in [0.25, 0.3) is 0 Å². The molecule has 0 aliphatic rings. The first kappa shape index (κ1) is 16.2. The maximum atomic E-state index is 12.6. The largest absolute Gasteiger partial charge is 0.316 e. The minimum absolute atomic E-state index is 0.00471. The van der Waals surface area contributed by atoms with Gasteiger partial charge in [0.1, 0.15) is 0 Å². The molecular formula is C15H25NO2S. The average molecular weight is 283 g/mol. The molecule has 0 amide bonds. The lowest BCUT2D eigenvalue weighted by Gasteiger charge is -2.22. The highest BCUT2D eigenvalue weighted by Gasteiger charge is 2.24. The average Bonchev–Trinajstić information content (AvgIpc) is 2.37. The Hall–Kier alpha value is -0.870. The molecule has 0 saturated heterocycles. The summed E-state index contributed by atoms with van der Waals surface area (Å²) in [5.41, 5.74) is 1.80. The van der Waals surface area contributed by atoms with Crippen LogP contribution in [0.1, 0.15) is 31.4 Å². The van der Waals surface area contributed by atoms with Gasteiger partial charge in [0.15, 0.2) is 9.84 Å². The molecule has 1 N–H and O–H groups in total. The number of hydrogen-bond acceptors (Lipinski definition) is 3. The van der Waals surface area contributed by atoms with E-state index in [4.69, 9.17) is 0 Å². The number of sulfone groups is 1. The van der Waals surface area contributed by atoms with Crippen molar-refractivity contribution < 1.29 is 8.42 Å². The van der Waals surface area contributed by atoms with E-state index in [2.05, 4.69) is 19.2 Å². The molecule has 0 radical (unpaired) electrons. The van der Waals surface area contributed by atoms with E-state index in [-0.39, 0.29) is 11.8 Å². The van der Waals surface area contributed by atoms with Crippen LogP contribution in [0.2, 0.25) is 0 Å². The van der Waals surface area contributed by atoms with Crippen LogP contribution in [0.3, 0.4) is 0 Å². The number of hydrogen-bond donors (Lipinski definition) is 1. The Morgan fingerprint density at radius 3 is 2.42 bits per heavy atom. The van der Waals surface area contributed by atoms with E-state index in [1.807, 2.05) is 33.0 Å². The van der Waals surface area contributed by atoms with Crippen LogP contribution in [0.4, 0.5) is 0 Å². The zero-order valence-corrected chi connectivity index (χ0v) is 13.3. The van der Waals surface area contributed by atoms with Gasteiger partial charge in [0, 0.05) is 6.04 Å². The van der Waals surface area contributed by atoms with Crippen LogP contribution in [-0.2, 0) is 9.84 Å². The smallest absolute Gasteiger partial charge is 0.180 e. The van der Waals surface area contributed by atoms with Crippen molar-refractivity contribution >= 4 is 9.84 Å². The summed E-state index contributed by atoms with van der Waals surface area (Å²) < 4.78 is 25.1. The van der Waals surface area contributed by atoms with Crippen molar-refractivity contribution in [2.75, 3.05) is 12.8 Å². The molecule has 0 bridgehead atoms. The van der Waals surface area contributed by atoms with Gasteiger partial charge in [-0.3, -0.25) is 0 Å². The minimum atomic E-state index is -3.24. The van der Waals surface area contributed by atoms with E-state index in [0.717, 1.165) is 17.5 Å². The molecule has 2 atom stereocenters.